The number of nitrogens with zero attached hydrogens (tertiary/aromatic N) is 3. The van der Waals surface area contributed by atoms with Crippen molar-refractivity contribution in [3.63, 3.8) is 0 Å². The summed E-state index contributed by atoms with van der Waals surface area (Å²) < 4.78 is 30.6. The molecular formula is C51H64N4O13. The van der Waals surface area contributed by atoms with E-state index in [-0.39, 0.29) is 60.8 Å². The standard InChI is InChI=1S/C51H64N4O13/c1-12-26(4)54-17-19-55(20-18-54)32-22-33(57)39-35(23-32)67-48-40(52-39)36-37-44(60)30(8)47-38(36)49(62)51(10,68-47)65-21-16-34(64-11)27(5)46(66-31(9)56)29(7)43(59)28(6)42(58)24(2)14-13-15-25(3)50(63)53-41(48)45(37)61/h13-16,21-24,26-29,34,42-43,46,58-60,62H,12,17-20H2,1-11H3,(H,53,63). The van der Waals surface area contributed by atoms with Crippen LogP contribution in [-0.4, -0.2) is 112 Å². The van der Waals surface area contributed by atoms with Gasteiger partial charge in [0.25, 0.3) is 5.91 Å². The summed E-state index contributed by atoms with van der Waals surface area (Å²) in [4.78, 5) is 64.7. The Hall–Kier alpha value is -6.01. The number of anilines is 2. The first-order valence-corrected chi connectivity index (χ1v) is 23.3. The molecule has 0 aliphatic carbocycles. The second-order valence-electron chi connectivity index (χ2n) is 18.8. The van der Waals surface area contributed by atoms with E-state index in [9.17, 15) is 39.6 Å². The fourth-order valence-electron chi connectivity index (χ4n) is 9.74. The van der Waals surface area contributed by atoms with Crippen LogP contribution in [0.4, 0.5) is 11.4 Å². The highest BCUT2D eigenvalue weighted by atomic mass is 16.7. The quantitative estimate of drug-likeness (QED) is 0.0948. The van der Waals surface area contributed by atoms with Crippen molar-refractivity contribution in [1.82, 2.24) is 9.88 Å². The molecule has 10 atom stereocenters. The number of carbonyl (C=O) groups excluding carboxylic acids is 2. The van der Waals surface area contributed by atoms with Gasteiger partial charge in [-0.2, -0.15) is 0 Å². The number of phenolic OH excluding ortho intramolecular Hbond substituents is 1. The Morgan fingerprint density at radius 3 is 2.31 bits per heavy atom. The molecule has 366 valence electrons. The number of aliphatic hydroxyl groups is 3. The van der Waals surface area contributed by atoms with Crippen LogP contribution in [-0.2, 0) is 23.8 Å². The SMILES string of the molecule is CCC(C)N1CCN(c2cc(=O)c3nc4c(oc3c2)c2c(=O)c3c(O)c(C)c5c(c34)=C(O)C(C)(OC=CC(OC)C(C)C(OC(C)=O)C(C)C(O)C(C)C(O)C(C)C=CC=C(C)C(=O)N2)O5)CC1. The number of allylic oxidation sites excluding steroid dienone is 2. The first-order chi connectivity index (χ1) is 32.1. The summed E-state index contributed by atoms with van der Waals surface area (Å²) in [5, 5.41) is 49.3. The molecule has 7 rings (SSSR count). The number of esters is 1. The minimum absolute atomic E-state index is 0.0388. The Bertz CT molecular complexity index is 2900. The van der Waals surface area contributed by atoms with Crippen LogP contribution in [0.25, 0.3) is 38.7 Å². The average molecular weight is 941 g/mol. The van der Waals surface area contributed by atoms with Crippen LogP contribution in [0.3, 0.4) is 0 Å². The van der Waals surface area contributed by atoms with Crippen molar-refractivity contribution in [2.24, 2.45) is 23.7 Å². The molecule has 1 fully saturated rings. The van der Waals surface area contributed by atoms with Crippen LogP contribution in [0, 0.1) is 30.6 Å². The molecule has 0 spiro atoms. The monoisotopic (exact) mass is 940 g/mol. The lowest BCUT2D eigenvalue weighted by Crippen LogP contribution is -2.49. The van der Waals surface area contributed by atoms with E-state index < -0.39 is 88.1 Å². The number of carbonyl (C=O) groups is 2. The van der Waals surface area contributed by atoms with Crippen molar-refractivity contribution in [3.8, 4) is 11.5 Å². The van der Waals surface area contributed by atoms with Gasteiger partial charge in [0, 0.05) is 111 Å². The Morgan fingerprint density at radius 2 is 1.66 bits per heavy atom. The third kappa shape index (κ3) is 9.04. The average Bonchev–Trinajstić information content (AvgIpc) is 3.58. The van der Waals surface area contributed by atoms with Gasteiger partial charge in [-0.3, -0.25) is 24.1 Å². The van der Waals surface area contributed by atoms with Crippen molar-refractivity contribution >= 4 is 62.0 Å². The molecule has 10 unspecified atom stereocenters. The molecule has 4 heterocycles. The zero-order chi connectivity index (χ0) is 49.7. The molecule has 17 nitrogen and oxygen atoms in total. The molecule has 3 aliphatic rings. The van der Waals surface area contributed by atoms with Gasteiger partial charge in [-0.05, 0) is 33.3 Å². The number of amides is 1. The first-order valence-electron chi connectivity index (χ1n) is 23.3. The molecule has 68 heavy (non-hydrogen) atoms. The highest BCUT2D eigenvalue weighted by Gasteiger charge is 2.44. The van der Waals surface area contributed by atoms with E-state index in [1.165, 1.54) is 59.3 Å². The van der Waals surface area contributed by atoms with Crippen molar-refractivity contribution in [3.05, 3.63) is 79.5 Å². The van der Waals surface area contributed by atoms with Crippen LogP contribution in [0.1, 0.15) is 74.3 Å². The largest absolute Gasteiger partial charge is 0.507 e. The molecule has 3 aliphatic heterocycles. The van der Waals surface area contributed by atoms with Crippen LogP contribution in [0.15, 0.2) is 62.3 Å². The third-order valence-corrected chi connectivity index (χ3v) is 14.3. The number of piperazine rings is 1. The lowest BCUT2D eigenvalue weighted by Gasteiger charge is -2.38. The van der Waals surface area contributed by atoms with E-state index in [1.807, 2.05) is 0 Å². The number of aliphatic hydroxyl groups excluding tert-OH is 3. The molecule has 3 aromatic carbocycles. The Balaban J connectivity index is 1.46. The second-order valence-corrected chi connectivity index (χ2v) is 18.8. The molecule has 0 saturated carbocycles. The van der Waals surface area contributed by atoms with E-state index in [2.05, 4.69) is 29.0 Å². The highest BCUT2D eigenvalue weighted by Crippen LogP contribution is 2.42. The van der Waals surface area contributed by atoms with Crippen LogP contribution >= 0.6 is 0 Å². The van der Waals surface area contributed by atoms with Gasteiger partial charge in [0.1, 0.15) is 28.8 Å². The number of aromatic nitrogens is 1. The Morgan fingerprint density at radius 1 is 0.971 bits per heavy atom. The zero-order valence-corrected chi connectivity index (χ0v) is 40.6. The maximum atomic E-state index is 14.9. The number of methoxy groups -OCH3 is 1. The summed E-state index contributed by atoms with van der Waals surface area (Å²) in [6.07, 6.45) is 4.58. The third-order valence-electron chi connectivity index (χ3n) is 14.3. The molecule has 4 aromatic rings. The predicted molar refractivity (Wildman–Crippen MR) is 259 cm³/mol. The van der Waals surface area contributed by atoms with Crippen molar-refractivity contribution in [2.45, 2.75) is 112 Å². The minimum atomic E-state index is -1.98. The smallest absolute Gasteiger partial charge is 0.307 e. The molecule has 1 amide bonds. The maximum Gasteiger partial charge on any atom is 0.307 e. The number of rotatable bonds is 5. The minimum Gasteiger partial charge on any atom is -0.507 e. The summed E-state index contributed by atoms with van der Waals surface area (Å²) >= 11 is 0. The summed E-state index contributed by atoms with van der Waals surface area (Å²) in [6.45, 7) is 19.8. The zero-order valence-electron chi connectivity index (χ0n) is 40.6. The second kappa shape index (κ2) is 19.5. The van der Waals surface area contributed by atoms with Crippen LogP contribution in [0.2, 0.25) is 0 Å². The molecule has 0 radical (unpaired) electrons. The Kier molecular flexibility index (Phi) is 14.3. The predicted octanol–water partition coefficient (Wildman–Crippen LogP) is 5.48. The van der Waals surface area contributed by atoms with Gasteiger partial charge in [0.2, 0.25) is 10.9 Å². The van der Waals surface area contributed by atoms with Crippen molar-refractivity contribution < 1.29 is 53.4 Å². The summed E-state index contributed by atoms with van der Waals surface area (Å²) in [5.74, 6) is -6.93. The van der Waals surface area contributed by atoms with Gasteiger partial charge < -0.3 is 54.0 Å². The number of fused-ring (bicyclic) bond motifs is 5. The van der Waals surface area contributed by atoms with Gasteiger partial charge in [-0.15, -0.1) is 0 Å². The van der Waals surface area contributed by atoms with E-state index in [0.717, 1.165) is 19.5 Å². The molecule has 1 aromatic heterocycles. The number of nitrogens with one attached hydrogen (secondary N) is 1. The lowest BCUT2D eigenvalue weighted by atomic mass is 9.78. The number of aromatic hydroxyl groups is 1. The molecule has 5 N–H and O–H groups in total. The van der Waals surface area contributed by atoms with Gasteiger partial charge in [0.05, 0.1) is 35.2 Å². The number of hydrogen-bond donors (Lipinski definition) is 5. The molecule has 1 saturated heterocycles. The fourth-order valence-corrected chi connectivity index (χ4v) is 9.74. The van der Waals surface area contributed by atoms with E-state index in [0.29, 0.717) is 24.8 Å². The fraction of sp³-hybridized carbons (Fsp3) is 0.510. The van der Waals surface area contributed by atoms with Crippen molar-refractivity contribution in [2.75, 3.05) is 43.5 Å². The number of hydrogen-bond acceptors (Lipinski definition) is 16. The van der Waals surface area contributed by atoms with Crippen LogP contribution < -0.4 is 31.0 Å². The lowest BCUT2D eigenvalue weighted by molar-refractivity contribution is -0.160. The van der Waals surface area contributed by atoms with Crippen LogP contribution in [0.5, 0.6) is 11.5 Å². The summed E-state index contributed by atoms with van der Waals surface area (Å²) in [6, 6.07) is 3.57. The van der Waals surface area contributed by atoms with Gasteiger partial charge in [-0.25, -0.2) is 4.98 Å². The van der Waals surface area contributed by atoms with Gasteiger partial charge in [0.15, 0.2) is 22.4 Å². The van der Waals surface area contributed by atoms with E-state index in [4.69, 9.17) is 28.3 Å². The number of phenols is 1. The van der Waals surface area contributed by atoms with E-state index >= 15 is 0 Å². The highest BCUT2D eigenvalue weighted by molar-refractivity contribution is 6.16. The van der Waals surface area contributed by atoms with Gasteiger partial charge >= 0.3 is 11.8 Å². The Labute approximate surface area is 394 Å². The summed E-state index contributed by atoms with van der Waals surface area (Å²) in [7, 11) is 1.45. The molecule has 5 bridgehead atoms. The topological polar surface area (TPSA) is 231 Å². The number of benzene rings is 3. The molecular weight excluding hydrogens is 877 g/mol. The maximum absolute atomic E-state index is 14.9. The van der Waals surface area contributed by atoms with Gasteiger partial charge in [-0.1, -0.05) is 52.8 Å². The summed E-state index contributed by atoms with van der Waals surface area (Å²) in [5.41, 5.74) is -1.35. The van der Waals surface area contributed by atoms with Crippen molar-refractivity contribution in [1.29, 1.82) is 0 Å². The van der Waals surface area contributed by atoms with E-state index in [1.54, 1.807) is 45.9 Å². The number of ether oxygens (including phenoxy) is 4. The molecule has 17 heteroatoms. The first kappa shape index (κ1) is 49.9. The normalized spacial score (nSPS) is 28.2.